The van der Waals surface area contributed by atoms with Crippen molar-refractivity contribution in [1.82, 2.24) is 29.4 Å². The Balaban J connectivity index is 1.45. The van der Waals surface area contributed by atoms with E-state index in [0.717, 1.165) is 10.5 Å². The van der Waals surface area contributed by atoms with Crippen molar-refractivity contribution in [3.63, 3.8) is 0 Å². The molecule has 2 saturated heterocycles. The Hall–Kier alpha value is -3.41. The highest BCUT2D eigenvalue weighted by Crippen LogP contribution is 2.37. The van der Waals surface area contributed by atoms with Crippen molar-refractivity contribution in [3.05, 3.63) is 41.1 Å². The van der Waals surface area contributed by atoms with Crippen LogP contribution in [0.4, 0.5) is 13.2 Å². The smallest absolute Gasteiger partial charge is 0.337 e. The van der Waals surface area contributed by atoms with Crippen LogP contribution in [0, 0.1) is 0 Å². The molecule has 5 heterocycles. The fourth-order valence-electron chi connectivity index (χ4n) is 4.51. The second kappa shape index (κ2) is 8.12. The number of H-pyrrole nitrogens is 1. The molecule has 3 aromatic heterocycles. The molecule has 0 aliphatic carbocycles. The third-order valence-electron chi connectivity index (χ3n) is 6.21. The van der Waals surface area contributed by atoms with E-state index >= 15 is 0 Å². The van der Waals surface area contributed by atoms with Gasteiger partial charge in [0.15, 0.2) is 11.3 Å². The van der Waals surface area contributed by atoms with Crippen LogP contribution < -0.4 is 0 Å². The van der Waals surface area contributed by atoms with Crippen molar-refractivity contribution in [2.45, 2.75) is 37.9 Å². The molecule has 2 aliphatic heterocycles. The molecule has 3 aromatic rings. The number of imide groups is 1. The summed E-state index contributed by atoms with van der Waals surface area (Å²) in [5.74, 6) is -1.04. The summed E-state index contributed by atoms with van der Waals surface area (Å²) in [5.41, 5.74) is -1.18. The third kappa shape index (κ3) is 3.71. The standard InChI is InChI=1S/C21H18ClF3N6O3/c22-18-17(20(34)29-5-3-13(4-6-29)31-15(32)1-2-16(31)33)28-19-14(21(23,24)25)7-11(10-30(18)19)12-8-26-27-9-12/h7-10,13H,1-6H2,(H,26,27). The Morgan fingerprint density at radius 2 is 1.79 bits per heavy atom. The molecule has 0 unspecified atom stereocenters. The topological polar surface area (TPSA) is 104 Å². The molecule has 0 saturated carbocycles. The lowest BCUT2D eigenvalue weighted by molar-refractivity contribution is -0.142. The second-order valence-corrected chi connectivity index (χ2v) is 8.61. The highest BCUT2D eigenvalue weighted by molar-refractivity contribution is 6.33. The quantitative estimate of drug-likeness (QED) is 0.563. The zero-order valence-corrected chi connectivity index (χ0v) is 18.4. The number of hydrogen-bond donors (Lipinski definition) is 1. The van der Waals surface area contributed by atoms with E-state index < -0.39 is 23.3 Å². The number of hydrogen-bond acceptors (Lipinski definition) is 5. The molecular formula is C21H18ClF3N6O3. The first kappa shape index (κ1) is 22.4. The van der Waals surface area contributed by atoms with Crippen LogP contribution in [0.2, 0.25) is 5.15 Å². The maximum Gasteiger partial charge on any atom is 0.420 e. The van der Waals surface area contributed by atoms with Crippen molar-refractivity contribution in [3.8, 4) is 11.1 Å². The summed E-state index contributed by atoms with van der Waals surface area (Å²) >= 11 is 6.36. The van der Waals surface area contributed by atoms with Crippen molar-refractivity contribution >= 4 is 35.0 Å². The normalized spacial score (nSPS) is 17.9. The van der Waals surface area contributed by atoms with Crippen molar-refractivity contribution in [1.29, 1.82) is 0 Å². The van der Waals surface area contributed by atoms with E-state index in [1.54, 1.807) is 0 Å². The monoisotopic (exact) mass is 494 g/mol. The van der Waals surface area contributed by atoms with Gasteiger partial charge >= 0.3 is 6.18 Å². The predicted octanol–water partition coefficient (Wildman–Crippen LogP) is 3.15. The van der Waals surface area contributed by atoms with Crippen LogP contribution in [0.25, 0.3) is 16.8 Å². The van der Waals surface area contributed by atoms with E-state index in [9.17, 15) is 27.6 Å². The summed E-state index contributed by atoms with van der Waals surface area (Å²) in [6, 6.07) is 0.644. The van der Waals surface area contributed by atoms with Gasteiger partial charge in [-0.15, -0.1) is 0 Å². The lowest BCUT2D eigenvalue weighted by atomic mass is 10.0. The number of pyridine rings is 1. The zero-order valence-electron chi connectivity index (χ0n) is 17.6. The van der Waals surface area contributed by atoms with Gasteiger partial charge in [0.25, 0.3) is 5.91 Å². The van der Waals surface area contributed by atoms with Gasteiger partial charge in [-0.3, -0.25) is 28.8 Å². The third-order valence-corrected chi connectivity index (χ3v) is 6.57. The Kier molecular flexibility index (Phi) is 5.34. The van der Waals surface area contributed by atoms with Gasteiger partial charge in [-0.2, -0.15) is 18.3 Å². The van der Waals surface area contributed by atoms with Crippen molar-refractivity contribution in [2.75, 3.05) is 13.1 Å². The molecule has 0 radical (unpaired) electrons. The van der Waals surface area contributed by atoms with E-state index in [-0.39, 0.29) is 60.2 Å². The number of amides is 3. The van der Waals surface area contributed by atoms with Gasteiger partial charge in [0.05, 0.1) is 11.8 Å². The average molecular weight is 495 g/mol. The van der Waals surface area contributed by atoms with Crippen LogP contribution in [0.5, 0.6) is 0 Å². The number of halogens is 4. The highest BCUT2D eigenvalue weighted by Gasteiger charge is 2.39. The zero-order chi connectivity index (χ0) is 24.2. The first-order valence-electron chi connectivity index (χ1n) is 10.6. The summed E-state index contributed by atoms with van der Waals surface area (Å²) in [6.07, 6.45) is 0.603. The van der Waals surface area contributed by atoms with E-state index in [1.165, 1.54) is 28.4 Å². The number of carbonyl (C=O) groups excluding carboxylic acids is 3. The summed E-state index contributed by atoms with van der Waals surface area (Å²) in [4.78, 5) is 43.8. The molecule has 34 heavy (non-hydrogen) atoms. The van der Waals surface area contributed by atoms with Gasteiger partial charge in [-0.25, -0.2) is 4.98 Å². The number of nitrogens with one attached hydrogen (secondary N) is 1. The van der Waals surface area contributed by atoms with Gasteiger partial charge in [-0.05, 0) is 18.9 Å². The van der Waals surface area contributed by atoms with Gasteiger partial charge < -0.3 is 4.90 Å². The molecule has 13 heteroatoms. The number of likely N-dealkylation sites (tertiary alicyclic amines) is 2. The molecule has 0 atom stereocenters. The largest absolute Gasteiger partial charge is 0.420 e. The number of imidazole rings is 1. The van der Waals surface area contributed by atoms with Crippen LogP contribution in [0.15, 0.2) is 24.7 Å². The SMILES string of the molecule is O=C(c1nc2c(C(F)(F)F)cc(-c3cn[nH]c3)cn2c1Cl)N1CCC(N2C(=O)CCC2=O)CC1. The number of carbonyl (C=O) groups is 3. The summed E-state index contributed by atoms with van der Waals surface area (Å²) < 4.78 is 42.5. The molecular weight excluding hydrogens is 477 g/mol. The minimum absolute atomic E-state index is 0.192. The number of nitrogens with zero attached hydrogens (tertiary/aromatic N) is 5. The maximum absolute atomic E-state index is 13.8. The number of aromatic amines is 1. The molecule has 9 nitrogen and oxygen atoms in total. The van der Waals surface area contributed by atoms with Gasteiger partial charge in [0, 0.05) is 55.5 Å². The Morgan fingerprint density at radius 3 is 2.38 bits per heavy atom. The van der Waals surface area contributed by atoms with E-state index in [1.807, 2.05) is 0 Å². The second-order valence-electron chi connectivity index (χ2n) is 8.25. The summed E-state index contributed by atoms with van der Waals surface area (Å²) in [6.45, 7) is 0.439. The van der Waals surface area contributed by atoms with Crippen LogP contribution in [-0.4, -0.2) is 66.2 Å². The van der Waals surface area contributed by atoms with Gasteiger partial charge in [0.2, 0.25) is 11.8 Å². The predicted molar refractivity (Wildman–Crippen MR) is 113 cm³/mol. The molecule has 0 spiro atoms. The lowest BCUT2D eigenvalue weighted by Gasteiger charge is -2.35. The fourth-order valence-corrected chi connectivity index (χ4v) is 4.76. The minimum atomic E-state index is -4.73. The van der Waals surface area contributed by atoms with Crippen molar-refractivity contribution < 1.29 is 27.6 Å². The average Bonchev–Trinajstić information content (AvgIpc) is 3.52. The van der Waals surface area contributed by atoms with E-state index in [2.05, 4.69) is 15.2 Å². The van der Waals surface area contributed by atoms with Crippen LogP contribution in [-0.2, 0) is 15.8 Å². The molecule has 178 valence electrons. The van der Waals surface area contributed by atoms with Crippen LogP contribution >= 0.6 is 11.6 Å². The Labute approximate surface area is 195 Å². The molecule has 0 aromatic carbocycles. The molecule has 3 amide bonds. The summed E-state index contributed by atoms with van der Waals surface area (Å²) in [5, 5.41) is 6.08. The molecule has 5 rings (SSSR count). The Bertz CT molecular complexity index is 1280. The lowest BCUT2D eigenvalue weighted by Crippen LogP contribution is -2.48. The van der Waals surface area contributed by atoms with Gasteiger partial charge in [0.1, 0.15) is 5.15 Å². The van der Waals surface area contributed by atoms with Crippen molar-refractivity contribution in [2.24, 2.45) is 0 Å². The van der Waals surface area contributed by atoms with Crippen LogP contribution in [0.3, 0.4) is 0 Å². The first-order valence-corrected chi connectivity index (χ1v) is 10.9. The number of fused-ring (bicyclic) bond motifs is 1. The summed E-state index contributed by atoms with van der Waals surface area (Å²) in [7, 11) is 0. The van der Waals surface area contributed by atoms with E-state index in [0.29, 0.717) is 18.4 Å². The fraction of sp³-hybridized carbons (Fsp3) is 0.381. The Morgan fingerprint density at radius 1 is 1.12 bits per heavy atom. The number of rotatable bonds is 3. The molecule has 0 bridgehead atoms. The maximum atomic E-state index is 13.8. The van der Waals surface area contributed by atoms with E-state index in [4.69, 9.17) is 11.6 Å². The van der Waals surface area contributed by atoms with Crippen LogP contribution in [0.1, 0.15) is 41.7 Å². The molecule has 2 fully saturated rings. The number of alkyl halides is 3. The molecule has 2 aliphatic rings. The highest BCUT2D eigenvalue weighted by atomic mass is 35.5. The first-order chi connectivity index (χ1) is 16.1. The van der Waals surface area contributed by atoms with Gasteiger partial charge in [-0.1, -0.05) is 11.6 Å². The number of piperidine rings is 1. The molecule has 1 N–H and O–H groups in total. The number of aromatic nitrogens is 4. The minimum Gasteiger partial charge on any atom is -0.337 e.